The number of ether oxygens (including phenoxy) is 1. The number of aromatic nitrogens is 2. The first-order chi connectivity index (χ1) is 10.3. The Kier molecular flexibility index (Phi) is 6.07. The highest BCUT2D eigenvalue weighted by Gasteiger charge is 2.06. The molecule has 0 saturated heterocycles. The molecule has 5 heteroatoms. The van der Waals surface area contributed by atoms with Gasteiger partial charge in [0.15, 0.2) is 5.16 Å². The molecule has 1 heterocycles. The molecule has 0 fully saturated rings. The van der Waals surface area contributed by atoms with E-state index < -0.39 is 0 Å². The fraction of sp³-hybridized carbons (Fsp3) is 0.250. The SMILES string of the molecule is COc1ccc(C#CCCO)cc1CSc1ncccn1. The standard InChI is InChI=1S/C16H16N2O2S/c1-20-15-7-6-13(5-2-3-10-19)11-14(15)12-21-16-17-8-4-9-18-16/h4,6-9,11,19H,3,10,12H2,1H3. The van der Waals surface area contributed by atoms with Crippen LogP contribution in [-0.2, 0) is 5.75 Å². The summed E-state index contributed by atoms with van der Waals surface area (Å²) in [5.41, 5.74) is 1.96. The maximum Gasteiger partial charge on any atom is 0.187 e. The number of aliphatic hydroxyl groups is 1. The molecule has 0 aliphatic heterocycles. The molecule has 0 amide bonds. The Morgan fingerprint density at radius 1 is 1.29 bits per heavy atom. The Labute approximate surface area is 128 Å². The van der Waals surface area contributed by atoms with E-state index in [2.05, 4.69) is 21.8 Å². The molecular weight excluding hydrogens is 284 g/mol. The van der Waals surface area contributed by atoms with Gasteiger partial charge in [0.2, 0.25) is 0 Å². The number of nitrogens with zero attached hydrogens (tertiary/aromatic N) is 2. The lowest BCUT2D eigenvalue weighted by molar-refractivity contribution is 0.305. The van der Waals surface area contributed by atoms with E-state index in [9.17, 15) is 0 Å². The van der Waals surface area contributed by atoms with E-state index in [1.807, 2.05) is 18.2 Å². The third kappa shape index (κ3) is 4.78. The van der Waals surface area contributed by atoms with Crippen molar-refractivity contribution in [3.05, 3.63) is 47.8 Å². The van der Waals surface area contributed by atoms with E-state index in [1.165, 1.54) is 0 Å². The van der Waals surface area contributed by atoms with Crippen molar-refractivity contribution in [2.45, 2.75) is 17.3 Å². The Morgan fingerprint density at radius 2 is 2.10 bits per heavy atom. The molecule has 1 N–H and O–H groups in total. The lowest BCUT2D eigenvalue weighted by Gasteiger charge is -2.08. The van der Waals surface area contributed by atoms with Crippen molar-refractivity contribution in [2.75, 3.05) is 13.7 Å². The third-order valence-corrected chi connectivity index (χ3v) is 3.57. The van der Waals surface area contributed by atoms with Gasteiger partial charge in [-0.15, -0.1) is 0 Å². The van der Waals surface area contributed by atoms with E-state index >= 15 is 0 Å². The van der Waals surface area contributed by atoms with E-state index in [0.29, 0.717) is 12.2 Å². The van der Waals surface area contributed by atoms with Crippen LogP contribution in [-0.4, -0.2) is 28.8 Å². The second-order valence-electron chi connectivity index (χ2n) is 4.12. The molecular formula is C16H16N2O2S. The highest BCUT2D eigenvalue weighted by Crippen LogP contribution is 2.26. The Morgan fingerprint density at radius 3 is 2.81 bits per heavy atom. The molecule has 0 saturated carbocycles. The van der Waals surface area contributed by atoms with Crippen molar-refractivity contribution in [2.24, 2.45) is 0 Å². The van der Waals surface area contributed by atoms with Gasteiger partial charge < -0.3 is 9.84 Å². The first-order valence-corrected chi connectivity index (χ1v) is 7.48. The van der Waals surface area contributed by atoms with Crippen LogP contribution in [0, 0.1) is 11.8 Å². The molecule has 108 valence electrons. The summed E-state index contributed by atoms with van der Waals surface area (Å²) in [6.45, 7) is 0.0806. The zero-order chi connectivity index (χ0) is 14.9. The van der Waals surface area contributed by atoms with Crippen LogP contribution in [0.1, 0.15) is 17.5 Å². The lowest BCUT2D eigenvalue weighted by atomic mass is 10.1. The smallest absolute Gasteiger partial charge is 0.187 e. The topological polar surface area (TPSA) is 55.2 Å². The van der Waals surface area contributed by atoms with Crippen molar-refractivity contribution in [3.8, 4) is 17.6 Å². The average molecular weight is 300 g/mol. The minimum absolute atomic E-state index is 0.0806. The van der Waals surface area contributed by atoms with Crippen LogP contribution in [0.2, 0.25) is 0 Å². The summed E-state index contributed by atoms with van der Waals surface area (Å²) in [6, 6.07) is 7.61. The number of hydrogen-bond donors (Lipinski definition) is 1. The van der Waals surface area contributed by atoms with Crippen molar-refractivity contribution < 1.29 is 9.84 Å². The van der Waals surface area contributed by atoms with Gasteiger partial charge in [-0.1, -0.05) is 23.6 Å². The van der Waals surface area contributed by atoms with Gasteiger partial charge >= 0.3 is 0 Å². The Bertz CT molecular complexity index is 636. The van der Waals surface area contributed by atoms with Crippen LogP contribution < -0.4 is 4.74 Å². The zero-order valence-corrected chi connectivity index (χ0v) is 12.6. The summed E-state index contributed by atoms with van der Waals surface area (Å²) < 4.78 is 5.37. The number of thioether (sulfide) groups is 1. The number of benzene rings is 1. The van der Waals surface area contributed by atoms with Crippen molar-refractivity contribution in [1.82, 2.24) is 9.97 Å². The van der Waals surface area contributed by atoms with Crippen molar-refractivity contribution >= 4 is 11.8 Å². The van der Waals surface area contributed by atoms with E-state index in [-0.39, 0.29) is 6.61 Å². The molecule has 21 heavy (non-hydrogen) atoms. The van der Waals surface area contributed by atoms with Gasteiger partial charge in [-0.3, -0.25) is 0 Å². The molecule has 0 aliphatic carbocycles. The largest absolute Gasteiger partial charge is 0.496 e. The number of hydrogen-bond acceptors (Lipinski definition) is 5. The monoisotopic (exact) mass is 300 g/mol. The fourth-order valence-corrected chi connectivity index (χ4v) is 2.47. The summed E-state index contributed by atoms with van der Waals surface area (Å²) in [6.07, 6.45) is 3.93. The van der Waals surface area contributed by atoms with E-state index in [0.717, 1.165) is 22.0 Å². The fourth-order valence-electron chi connectivity index (χ4n) is 1.69. The zero-order valence-electron chi connectivity index (χ0n) is 11.7. The first-order valence-electron chi connectivity index (χ1n) is 6.50. The average Bonchev–Trinajstić information content (AvgIpc) is 2.54. The molecule has 2 aromatic rings. The maximum absolute atomic E-state index is 8.75. The van der Waals surface area contributed by atoms with Gasteiger partial charge in [0.1, 0.15) is 5.75 Å². The molecule has 0 unspecified atom stereocenters. The molecule has 0 atom stereocenters. The van der Waals surface area contributed by atoms with Gasteiger partial charge in [0.25, 0.3) is 0 Å². The summed E-state index contributed by atoms with van der Waals surface area (Å²) in [5, 5.41) is 9.48. The summed E-state index contributed by atoms with van der Waals surface area (Å²) in [5.74, 6) is 7.48. The van der Waals surface area contributed by atoms with Gasteiger partial charge in [0.05, 0.1) is 13.7 Å². The number of rotatable bonds is 5. The normalized spacial score (nSPS) is 9.81. The van der Waals surface area contributed by atoms with Crippen molar-refractivity contribution in [3.63, 3.8) is 0 Å². The summed E-state index contributed by atoms with van der Waals surface area (Å²) in [7, 11) is 1.65. The molecule has 0 radical (unpaired) electrons. The molecule has 2 rings (SSSR count). The summed E-state index contributed by atoms with van der Waals surface area (Å²) in [4.78, 5) is 8.38. The van der Waals surface area contributed by atoms with Gasteiger partial charge in [0, 0.05) is 35.7 Å². The highest BCUT2D eigenvalue weighted by atomic mass is 32.2. The Balaban J connectivity index is 2.13. The molecule has 0 spiro atoms. The number of methoxy groups -OCH3 is 1. The minimum atomic E-state index is 0.0806. The van der Waals surface area contributed by atoms with Crippen LogP contribution in [0.3, 0.4) is 0 Å². The Hall–Kier alpha value is -2.03. The quantitative estimate of drug-likeness (QED) is 0.522. The molecule has 0 aliphatic rings. The number of aliphatic hydroxyl groups excluding tert-OH is 1. The van der Waals surface area contributed by atoms with E-state index in [4.69, 9.17) is 9.84 Å². The second kappa shape index (κ2) is 8.30. The maximum atomic E-state index is 8.75. The van der Waals surface area contributed by atoms with Gasteiger partial charge in [-0.2, -0.15) is 0 Å². The van der Waals surface area contributed by atoms with Crippen molar-refractivity contribution in [1.29, 1.82) is 0 Å². The molecule has 0 bridgehead atoms. The first kappa shape index (κ1) is 15.4. The van der Waals surface area contributed by atoms with Crippen LogP contribution >= 0.6 is 11.8 Å². The van der Waals surface area contributed by atoms with E-state index in [1.54, 1.807) is 37.3 Å². The highest BCUT2D eigenvalue weighted by molar-refractivity contribution is 7.98. The molecule has 4 nitrogen and oxygen atoms in total. The third-order valence-electron chi connectivity index (χ3n) is 2.65. The van der Waals surface area contributed by atoms with Crippen LogP contribution in [0.25, 0.3) is 0 Å². The van der Waals surface area contributed by atoms with Crippen LogP contribution in [0.15, 0.2) is 41.8 Å². The molecule has 1 aromatic carbocycles. The van der Waals surface area contributed by atoms with Crippen LogP contribution in [0.5, 0.6) is 5.75 Å². The predicted molar refractivity (Wildman–Crippen MR) is 83.2 cm³/mol. The van der Waals surface area contributed by atoms with Gasteiger partial charge in [-0.25, -0.2) is 9.97 Å². The lowest BCUT2D eigenvalue weighted by Crippen LogP contribution is -1.93. The van der Waals surface area contributed by atoms with Gasteiger partial charge in [-0.05, 0) is 24.3 Å². The second-order valence-corrected chi connectivity index (χ2v) is 5.06. The summed E-state index contributed by atoms with van der Waals surface area (Å²) >= 11 is 1.55. The van der Waals surface area contributed by atoms with Crippen LogP contribution in [0.4, 0.5) is 0 Å². The molecule has 1 aromatic heterocycles. The minimum Gasteiger partial charge on any atom is -0.496 e. The predicted octanol–water partition coefficient (Wildman–Crippen LogP) is 2.51.